The van der Waals surface area contributed by atoms with Gasteiger partial charge in [0, 0.05) is 0 Å². The van der Waals surface area contributed by atoms with Crippen LogP contribution in [0.2, 0.25) is 0 Å². The summed E-state index contributed by atoms with van der Waals surface area (Å²) in [5, 5.41) is -1.26. The van der Waals surface area contributed by atoms with Gasteiger partial charge < -0.3 is 9.47 Å². The summed E-state index contributed by atoms with van der Waals surface area (Å²) >= 11 is 5.83. The van der Waals surface area contributed by atoms with E-state index >= 15 is 0 Å². The Morgan fingerprint density at radius 3 is 2.42 bits per heavy atom. The zero-order valence-corrected chi connectivity index (χ0v) is 12.2. The molecule has 2 N–H and O–H groups in total. The van der Waals surface area contributed by atoms with Crippen molar-refractivity contribution in [3.63, 3.8) is 0 Å². The Labute approximate surface area is 118 Å². The minimum atomic E-state index is -2.02. The number of hydrogen-bond acceptors (Lipinski definition) is 5. The van der Waals surface area contributed by atoms with Crippen molar-refractivity contribution in [2.24, 2.45) is 5.73 Å². The number of hydrogen-bond donors (Lipinski definition) is 1. The van der Waals surface area contributed by atoms with Crippen LogP contribution in [-0.2, 0) is 14.1 Å². The average molecular weight is 304 g/mol. The molecule has 0 heterocycles. The summed E-state index contributed by atoms with van der Waals surface area (Å²) in [5.41, 5.74) is 3.82. The van der Waals surface area contributed by atoms with Crippen molar-refractivity contribution in [3.8, 4) is 5.75 Å². The number of esters is 1. The molecular weight excluding hydrogens is 289 g/mol. The molecule has 5 nitrogen and oxygen atoms in total. The largest absolute Gasteiger partial charge is 0.459 e. The third kappa shape index (κ3) is 4.16. The van der Waals surface area contributed by atoms with Crippen LogP contribution in [0.3, 0.4) is 0 Å². The van der Waals surface area contributed by atoms with Crippen LogP contribution in [-0.4, -0.2) is 22.9 Å². The SMILES string of the molecule is CC(C)OC(=O)C(N)(Oc1ccccc1)C(Cl)P=O. The first-order valence-corrected chi connectivity index (χ1v) is 6.92. The fourth-order valence-electron chi connectivity index (χ4n) is 1.26. The van der Waals surface area contributed by atoms with Crippen LogP contribution >= 0.6 is 20.1 Å². The third-order valence-electron chi connectivity index (χ3n) is 2.14. The monoisotopic (exact) mass is 303 g/mol. The topological polar surface area (TPSA) is 78.6 Å². The molecular formula is C12H15ClNO4P. The first-order valence-electron chi connectivity index (χ1n) is 5.60. The van der Waals surface area contributed by atoms with E-state index in [2.05, 4.69) is 0 Å². The molecule has 0 saturated carbocycles. The van der Waals surface area contributed by atoms with E-state index in [0.717, 1.165) is 0 Å². The zero-order valence-electron chi connectivity index (χ0n) is 10.6. The molecule has 0 aliphatic rings. The van der Waals surface area contributed by atoms with Gasteiger partial charge in [-0.15, -0.1) is 11.6 Å². The molecule has 19 heavy (non-hydrogen) atoms. The molecule has 0 saturated heterocycles. The van der Waals surface area contributed by atoms with Gasteiger partial charge in [-0.2, -0.15) is 0 Å². The van der Waals surface area contributed by atoms with Gasteiger partial charge in [0.15, 0.2) is 13.6 Å². The summed E-state index contributed by atoms with van der Waals surface area (Å²) < 4.78 is 21.3. The highest BCUT2D eigenvalue weighted by Crippen LogP contribution is 2.28. The van der Waals surface area contributed by atoms with Gasteiger partial charge in [-0.25, -0.2) is 4.79 Å². The van der Waals surface area contributed by atoms with E-state index in [1.807, 2.05) is 0 Å². The standard InChI is InChI=1S/C12H15ClNO4P/c1-8(2)17-11(15)12(14,10(13)19-16)18-9-6-4-3-5-7-9/h3-8,10H,14H2,1-2H3. The maximum absolute atomic E-state index is 12.0. The predicted molar refractivity (Wildman–Crippen MR) is 72.5 cm³/mol. The van der Waals surface area contributed by atoms with Crippen LogP contribution < -0.4 is 10.5 Å². The Morgan fingerprint density at radius 2 is 1.95 bits per heavy atom. The van der Waals surface area contributed by atoms with Crippen LogP contribution in [0.15, 0.2) is 30.3 Å². The van der Waals surface area contributed by atoms with Gasteiger partial charge in [0.2, 0.25) is 0 Å². The van der Waals surface area contributed by atoms with Gasteiger partial charge in [-0.05, 0) is 26.0 Å². The molecule has 1 rings (SSSR count). The van der Waals surface area contributed by atoms with Crippen molar-refractivity contribution in [3.05, 3.63) is 30.3 Å². The fourth-order valence-corrected chi connectivity index (χ4v) is 1.70. The second kappa shape index (κ2) is 6.85. The van der Waals surface area contributed by atoms with Gasteiger partial charge in [0.25, 0.3) is 5.72 Å². The molecule has 0 fully saturated rings. The first-order chi connectivity index (χ1) is 8.90. The molecule has 1 aromatic rings. The maximum Gasteiger partial charge on any atom is 0.368 e. The van der Waals surface area contributed by atoms with Crippen LogP contribution in [0, 0.1) is 0 Å². The second-order valence-corrected chi connectivity index (χ2v) is 5.57. The molecule has 0 radical (unpaired) electrons. The molecule has 104 valence electrons. The average Bonchev–Trinajstić information content (AvgIpc) is 2.37. The minimum Gasteiger partial charge on any atom is -0.459 e. The van der Waals surface area contributed by atoms with Crippen molar-refractivity contribution < 1.29 is 18.8 Å². The minimum absolute atomic E-state index is 0.333. The van der Waals surface area contributed by atoms with Gasteiger partial charge in [0.05, 0.1) is 6.10 Å². The zero-order chi connectivity index (χ0) is 14.5. The smallest absolute Gasteiger partial charge is 0.368 e. The number of nitrogens with two attached hydrogens (primary N) is 1. The Hall–Kier alpha value is -1.16. The second-order valence-electron chi connectivity index (χ2n) is 4.10. The maximum atomic E-state index is 12.0. The molecule has 2 unspecified atom stereocenters. The van der Waals surface area contributed by atoms with Crippen LogP contribution in [0.25, 0.3) is 0 Å². The van der Waals surface area contributed by atoms with Crippen LogP contribution in [0.5, 0.6) is 5.75 Å². The summed E-state index contributed by atoms with van der Waals surface area (Å²) in [4.78, 5) is 12.0. The van der Waals surface area contributed by atoms with E-state index in [1.54, 1.807) is 44.2 Å². The molecule has 2 atom stereocenters. The van der Waals surface area contributed by atoms with Crippen molar-refractivity contribution >= 4 is 26.0 Å². The van der Waals surface area contributed by atoms with Crippen LogP contribution in [0.4, 0.5) is 0 Å². The van der Waals surface area contributed by atoms with Gasteiger partial charge in [0.1, 0.15) is 5.75 Å². The number of ether oxygens (including phenoxy) is 2. The number of carbonyl (C=O) groups is 1. The normalized spacial score (nSPS) is 15.8. The first kappa shape index (κ1) is 15.9. The van der Waals surface area contributed by atoms with E-state index < -0.39 is 25.3 Å². The van der Waals surface area contributed by atoms with Gasteiger partial charge in [-0.1, -0.05) is 18.2 Å². The summed E-state index contributed by atoms with van der Waals surface area (Å²) in [6.45, 7) is 3.33. The Kier molecular flexibility index (Phi) is 5.73. The highest BCUT2D eigenvalue weighted by molar-refractivity contribution is 7.28. The molecule has 0 aliphatic carbocycles. The van der Waals surface area contributed by atoms with E-state index in [1.165, 1.54) is 0 Å². The lowest BCUT2D eigenvalue weighted by atomic mass is 10.2. The number of rotatable bonds is 6. The van der Waals surface area contributed by atoms with Crippen molar-refractivity contribution in [2.75, 3.05) is 0 Å². The van der Waals surface area contributed by atoms with E-state index in [-0.39, 0.29) is 6.10 Å². The number of para-hydroxylation sites is 1. The third-order valence-corrected chi connectivity index (χ3v) is 3.27. The Balaban J connectivity index is 2.99. The van der Waals surface area contributed by atoms with Crippen LogP contribution in [0.1, 0.15) is 13.8 Å². The number of alkyl halides is 1. The number of halogens is 1. The molecule has 0 amide bonds. The molecule has 7 heteroatoms. The van der Waals surface area contributed by atoms with E-state index in [0.29, 0.717) is 5.75 Å². The fraction of sp³-hybridized carbons (Fsp3) is 0.417. The van der Waals surface area contributed by atoms with Crippen molar-refractivity contribution in [1.82, 2.24) is 0 Å². The molecule has 1 aromatic carbocycles. The summed E-state index contributed by atoms with van der Waals surface area (Å²) in [7, 11) is -0.520. The predicted octanol–water partition coefficient (Wildman–Crippen LogP) is 2.53. The summed E-state index contributed by atoms with van der Waals surface area (Å²) in [6, 6.07) is 8.41. The van der Waals surface area contributed by atoms with Gasteiger partial charge >= 0.3 is 5.97 Å². The molecule has 0 spiro atoms. The van der Waals surface area contributed by atoms with Crippen molar-refractivity contribution in [1.29, 1.82) is 0 Å². The van der Waals surface area contributed by atoms with Crippen molar-refractivity contribution in [2.45, 2.75) is 30.8 Å². The highest BCUT2D eigenvalue weighted by atomic mass is 35.5. The quantitative estimate of drug-likeness (QED) is 0.378. The van der Waals surface area contributed by atoms with Gasteiger partial charge in [-0.3, -0.25) is 10.3 Å². The van der Waals surface area contributed by atoms with E-state index in [9.17, 15) is 9.36 Å². The lowest BCUT2D eigenvalue weighted by Crippen LogP contribution is -2.59. The van der Waals surface area contributed by atoms with E-state index in [4.69, 9.17) is 26.8 Å². The molecule has 0 bridgehead atoms. The number of benzene rings is 1. The lowest BCUT2D eigenvalue weighted by molar-refractivity contribution is -0.164. The molecule has 0 aliphatic heterocycles. The number of carbonyl (C=O) groups excluding carboxylic acids is 1. The Morgan fingerprint density at radius 1 is 1.37 bits per heavy atom. The summed E-state index contributed by atoms with van der Waals surface area (Å²) in [5.74, 6) is -0.533. The summed E-state index contributed by atoms with van der Waals surface area (Å²) in [6.07, 6.45) is -0.387. The lowest BCUT2D eigenvalue weighted by Gasteiger charge is -2.29. The Bertz CT molecular complexity index is 443. The highest BCUT2D eigenvalue weighted by Gasteiger charge is 2.47. The molecule has 0 aromatic heterocycles.